The van der Waals surface area contributed by atoms with Crippen LogP contribution < -0.4 is 5.32 Å². The zero-order valence-electron chi connectivity index (χ0n) is 12.5. The Labute approximate surface area is 138 Å². The highest BCUT2D eigenvalue weighted by molar-refractivity contribution is 9.10. The van der Waals surface area contributed by atoms with Crippen LogP contribution in [0.1, 0.15) is 5.56 Å². The molecule has 1 aromatic rings. The largest absolute Gasteiger partial charge is 0.453 e. The van der Waals surface area contributed by atoms with Crippen LogP contribution in [-0.2, 0) is 11.2 Å². The molecular weight excluding hydrogens is 350 g/mol. The van der Waals surface area contributed by atoms with Crippen molar-refractivity contribution < 1.29 is 14.3 Å². The van der Waals surface area contributed by atoms with E-state index in [0.717, 1.165) is 10.9 Å². The number of ether oxygens (including phenoxy) is 1. The number of nitrogens with zero attached hydrogens (tertiary/aromatic N) is 2. The number of urea groups is 1. The Hall–Kier alpha value is -1.76. The minimum Gasteiger partial charge on any atom is -0.453 e. The molecule has 0 saturated carbocycles. The Morgan fingerprint density at radius 1 is 1.14 bits per heavy atom. The number of nitrogens with one attached hydrogen (secondary N) is 1. The van der Waals surface area contributed by atoms with E-state index in [4.69, 9.17) is 0 Å². The zero-order valence-corrected chi connectivity index (χ0v) is 14.1. The summed E-state index contributed by atoms with van der Waals surface area (Å²) in [5.74, 6) is 0. The van der Waals surface area contributed by atoms with E-state index in [1.807, 2.05) is 24.3 Å². The van der Waals surface area contributed by atoms with Crippen molar-refractivity contribution in [2.75, 3.05) is 39.8 Å². The van der Waals surface area contributed by atoms with Crippen molar-refractivity contribution in [3.8, 4) is 0 Å². The molecule has 1 aliphatic rings. The lowest BCUT2D eigenvalue weighted by atomic mass is 10.1. The van der Waals surface area contributed by atoms with Crippen LogP contribution in [0.3, 0.4) is 0 Å². The van der Waals surface area contributed by atoms with Gasteiger partial charge in [-0.25, -0.2) is 9.59 Å². The van der Waals surface area contributed by atoms with Crippen molar-refractivity contribution in [3.05, 3.63) is 34.3 Å². The first-order chi connectivity index (χ1) is 10.6. The maximum atomic E-state index is 12.1. The van der Waals surface area contributed by atoms with E-state index >= 15 is 0 Å². The molecule has 3 amide bonds. The first-order valence-corrected chi connectivity index (χ1v) is 7.99. The maximum Gasteiger partial charge on any atom is 0.409 e. The number of amides is 3. The fourth-order valence-corrected chi connectivity index (χ4v) is 2.56. The van der Waals surface area contributed by atoms with Gasteiger partial charge in [0.05, 0.1) is 7.11 Å². The van der Waals surface area contributed by atoms with Crippen LogP contribution >= 0.6 is 15.9 Å². The molecule has 0 radical (unpaired) electrons. The molecule has 1 N–H and O–H groups in total. The first kappa shape index (κ1) is 16.6. The van der Waals surface area contributed by atoms with Gasteiger partial charge in [-0.2, -0.15) is 0 Å². The second-order valence-electron chi connectivity index (χ2n) is 5.05. The van der Waals surface area contributed by atoms with Gasteiger partial charge >= 0.3 is 12.1 Å². The van der Waals surface area contributed by atoms with E-state index in [1.54, 1.807) is 9.80 Å². The lowest BCUT2D eigenvalue weighted by molar-refractivity contribution is 0.0971. The van der Waals surface area contributed by atoms with Gasteiger partial charge in [-0.15, -0.1) is 0 Å². The van der Waals surface area contributed by atoms with Crippen molar-refractivity contribution in [2.24, 2.45) is 0 Å². The number of halogens is 1. The van der Waals surface area contributed by atoms with Gasteiger partial charge in [0, 0.05) is 37.2 Å². The lowest BCUT2D eigenvalue weighted by Gasteiger charge is -2.33. The van der Waals surface area contributed by atoms with Crippen LogP contribution in [0.2, 0.25) is 0 Å². The van der Waals surface area contributed by atoms with Gasteiger partial charge in [0.25, 0.3) is 0 Å². The molecule has 1 saturated heterocycles. The SMILES string of the molecule is COC(=O)N1CCN(C(=O)NCCc2ccc(Br)cc2)CC1. The summed E-state index contributed by atoms with van der Waals surface area (Å²) in [5.41, 5.74) is 1.18. The number of carbonyl (C=O) groups excluding carboxylic acids is 2. The van der Waals surface area contributed by atoms with Crippen molar-refractivity contribution in [1.82, 2.24) is 15.1 Å². The van der Waals surface area contributed by atoms with E-state index in [9.17, 15) is 9.59 Å². The number of hydrogen-bond donors (Lipinski definition) is 1. The summed E-state index contributed by atoms with van der Waals surface area (Å²) in [4.78, 5) is 26.8. The van der Waals surface area contributed by atoms with E-state index in [1.165, 1.54) is 12.7 Å². The van der Waals surface area contributed by atoms with Gasteiger partial charge in [0.15, 0.2) is 0 Å². The fraction of sp³-hybridized carbons (Fsp3) is 0.467. The maximum absolute atomic E-state index is 12.1. The molecule has 0 unspecified atom stereocenters. The minimum atomic E-state index is -0.338. The molecule has 1 fully saturated rings. The Bertz CT molecular complexity index is 513. The molecule has 1 heterocycles. The average molecular weight is 370 g/mol. The summed E-state index contributed by atoms with van der Waals surface area (Å²) < 4.78 is 5.72. The number of hydrogen-bond acceptors (Lipinski definition) is 3. The third-order valence-corrected chi connectivity index (χ3v) is 4.13. The van der Waals surface area contributed by atoms with Gasteiger partial charge in [0.1, 0.15) is 0 Å². The molecule has 1 aromatic carbocycles. The molecule has 0 spiro atoms. The van der Waals surface area contributed by atoms with Gasteiger partial charge < -0.3 is 19.9 Å². The summed E-state index contributed by atoms with van der Waals surface area (Å²) in [7, 11) is 1.36. The molecular formula is C15H20BrN3O3. The van der Waals surface area contributed by atoms with Crippen molar-refractivity contribution >= 4 is 28.1 Å². The molecule has 0 bridgehead atoms. The monoisotopic (exact) mass is 369 g/mol. The number of methoxy groups -OCH3 is 1. The first-order valence-electron chi connectivity index (χ1n) is 7.20. The van der Waals surface area contributed by atoms with Gasteiger partial charge in [0.2, 0.25) is 0 Å². The van der Waals surface area contributed by atoms with Gasteiger partial charge in [-0.3, -0.25) is 0 Å². The Kier molecular flexibility index (Phi) is 6.06. The van der Waals surface area contributed by atoms with Crippen LogP contribution in [0.25, 0.3) is 0 Å². The standard InChI is InChI=1S/C15H20BrN3O3/c1-22-15(21)19-10-8-18(9-11-19)14(20)17-7-6-12-2-4-13(16)5-3-12/h2-5H,6-11H2,1H3,(H,17,20). The highest BCUT2D eigenvalue weighted by Gasteiger charge is 2.24. The highest BCUT2D eigenvalue weighted by Crippen LogP contribution is 2.10. The predicted octanol–water partition coefficient (Wildman–Crippen LogP) is 2.09. The van der Waals surface area contributed by atoms with Crippen molar-refractivity contribution in [2.45, 2.75) is 6.42 Å². The zero-order chi connectivity index (χ0) is 15.9. The third kappa shape index (κ3) is 4.62. The second kappa shape index (κ2) is 8.03. The fourth-order valence-electron chi connectivity index (χ4n) is 2.30. The van der Waals surface area contributed by atoms with Gasteiger partial charge in [-0.1, -0.05) is 28.1 Å². The number of piperazine rings is 1. The highest BCUT2D eigenvalue weighted by atomic mass is 79.9. The summed E-state index contributed by atoms with van der Waals surface area (Å²) in [6.45, 7) is 2.66. The molecule has 2 rings (SSSR count). The van der Waals surface area contributed by atoms with E-state index < -0.39 is 0 Å². The normalized spacial score (nSPS) is 14.6. The minimum absolute atomic E-state index is 0.0818. The molecule has 0 aliphatic carbocycles. The Morgan fingerprint density at radius 2 is 1.73 bits per heavy atom. The molecule has 0 aromatic heterocycles. The Morgan fingerprint density at radius 3 is 2.32 bits per heavy atom. The Balaban J connectivity index is 1.70. The van der Waals surface area contributed by atoms with Crippen LogP contribution in [0.15, 0.2) is 28.7 Å². The summed E-state index contributed by atoms with van der Waals surface area (Å²) >= 11 is 3.40. The smallest absolute Gasteiger partial charge is 0.409 e. The summed E-state index contributed by atoms with van der Waals surface area (Å²) in [6, 6.07) is 7.96. The molecule has 1 aliphatic heterocycles. The van der Waals surface area contributed by atoms with E-state index in [2.05, 4.69) is 26.0 Å². The van der Waals surface area contributed by atoms with Crippen LogP contribution in [-0.4, -0.2) is 61.8 Å². The second-order valence-corrected chi connectivity index (χ2v) is 5.97. The quantitative estimate of drug-likeness (QED) is 0.886. The third-order valence-electron chi connectivity index (χ3n) is 3.60. The van der Waals surface area contributed by atoms with Crippen molar-refractivity contribution in [1.29, 1.82) is 0 Å². The molecule has 22 heavy (non-hydrogen) atoms. The van der Waals surface area contributed by atoms with Crippen LogP contribution in [0, 0.1) is 0 Å². The average Bonchev–Trinajstić information content (AvgIpc) is 2.56. The molecule has 6 nitrogen and oxygen atoms in total. The van der Waals surface area contributed by atoms with Crippen LogP contribution in [0.5, 0.6) is 0 Å². The summed E-state index contributed by atoms with van der Waals surface area (Å²) in [6.07, 6.45) is 0.455. The van der Waals surface area contributed by atoms with Crippen LogP contribution in [0.4, 0.5) is 9.59 Å². The van der Waals surface area contributed by atoms with Crippen molar-refractivity contribution in [3.63, 3.8) is 0 Å². The lowest BCUT2D eigenvalue weighted by Crippen LogP contribution is -2.53. The summed E-state index contributed by atoms with van der Waals surface area (Å²) in [5, 5.41) is 2.91. The number of carbonyl (C=O) groups is 2. The molecule has 7 heteroatoms. The van der Waals surface area contributed by atoms with Gasteiger partial charge in [-0.05, 0) is 24.1 Å². The predicted molar refractivity (Wildman–Crippen MR) is 86.8 cm³/mol. The molecule has 0 atom stereocenters. The number of rotatable bonds is 3. The topological polar surface area (TPSA) is 61.9 Å². The van der Waals surface area contributed by atoms with E-state index in [-0.39, 0.29) is 12.1 Å². The number of benzene rings is 1. The molecule has 120 valence electrons. The van der Waals surface area contributed by atoms with E-state index in [0.29, 0.717) is 32.7 Å².